The molecule has 1 aromatic rings. The third-order valence-corrected chi connectivity index (χ3v) is 5.43. The smallest absolute Gasteiger partial charge is 0.361 e. The average Bonchev–Trinajstić information content (AvgIpc) is 3.05. The number of urea groups is 1. The summed E-state index contributed by atoms with van der Waals surface area (Å²) < 4.78 is 40.5. The molecule has 25 heavy (non-hydrogen) atoms. The van der Waals surface area contributed by atoms with E-state index in [2.05, 4.69) is 14.8 Å². The highest BCUT2D eigenvalue weighted by molar-refractivity contribution is 7.80. The molecule has 2 amide bonds. The van der Waals surface area contributed by atoms with Gasteiger partial charge in [-0.2, -0.15) is 13.5 Å². The predicted molar refractivity (Wildman–Crippen MR) is 83.5 cm³/mol. The van der Waals surface area contributed by atoms with Crippen molar-refractivity contribution in [3.63, 3.8) is 0 Å². The van der Waals surface area contributed by atoms with Gasteiger partial charge in [0, 0.05) is 19.0 Å². The zero-order valence-corrected chi connectivity index (χ0v) is 14.3. The van der Waals surface area contributed by atoms with Crippen molar-refractivity contribution in [3.8, 4) is 0 Å². The fourth-order valence-corrected chi connectivity index (χ4v) is 4.03. The van der Waals surface area contributed by atoms with E-state index < -0.39 is 22.5 Å². The topological polar surface area (TPSA) is 125 Å². The monoisotopic (exact) mass is 372 g/mol. The number of nitrogens with zero attached hydrogens (tertiary/aromatic N) is 3. The number of hydrogen-bond donors (Lipinski definition) is 2. The van der Waals surface area contributed by atoms with Gasteiger partial charge >= 0.3 is 16.4 Å². The second-order valence-corrected chi connectivity index (χ2v) is 7.80. The van der Waals surface area contributed by atoms with Gasteiger partial charge in [0.25, 0.3) is 0 Å². The Bertz CT molecular complexity index is 761. The number of carbonyl (C=O) groups excluding carboxylic acids is 1. The van der Waals surface area contributed by atoms with Crippen LogP contribution in [-0.4, -0.2) is 59.8 Å². The fourth-order valence-electron chi connectivity index (χ4n) is 3.64. The number of piperidine rings is 1. The van der Waals surface area contributed by atoms with Gasteiger partial charge in [-0.15, -0.1) is 4.28 Å². The number of hydroxylamine groups is 2. The average molecular weight is 372 g/mol. The number of rotatable bonds is 6. The van der Waals surface area contributed by atoms with Crippen molar-refractivity contribution < 1.29 is 26.6 Å². The van der Waals surface area contributed by atoms with E-state index in [4.69, 9.17) is 9.08 Å². The van der Waals surface area contributed by atoms with Crippen LogP contribution in [0.3, 0.4) is 0 Å². The summed E-state index contributed by atoms with van der Waals surface area (Å²) >= 11 is 0. The fraction of sp³-hybridized carbons (Fsp3) is 0.714. The maximum Gasteiger partial charge on any atom is 0.418 e. The third-order valence-electron chi connectivity index (χ3n) is 5.08. The molecule has 10 nitrogen and oxygen atoms in total. The zero-order valence-electron chi connectivity index (χ0n) is 13.5. The molecule has 1 aromatic heterocycles. The molecule has 0 radical (unpaired) electrons. The van der Waals surface area contributed by atoms with Crippen molar-refractivity contribution in [1.29, 1.82) is 0 Å². The minimum Gasteiger partial charge on any atom is -0.361 e. The van der Waals surface area contributed by atoms with Crippen molar-refractivity contribution in [2.45, 2.75) is 37.8 Å². The number of carbonyl (C=O) groups is 1. The molecule has 2 bridgehead atoms. The van der Waals surface area contributed by atoms with Gasteiger partial charge < -0.3 is 14.7 Å². The number of hydrogen-bond acceptors (Lipinski definition) is 7. The Labute approximate surface area is 145 Å². The van der Waals surface area contributed by atoms with E-state index in [9.17, 15) is 13.2 Å². The van der Waals surface area contributed by atoms with Gasteiger partial charge in [0.15, 0.2) is 0 Å². The molecule has 3 fully saturated rings. The first-order chi connectivity index (χ1) is 11.9. The number of aromatic nitrogens is 1. The first-order valence-electron chi connectivity index (χ1n) is 8.34. The third kappa shape index (κ3) is 3.36. The van der Waals surface area contributed by atoms with Gasteiger partial charge in [0.2, 0.25) is 0 Å². The Kier molecular flexibility index (Phi) is 4.18. The molecule has 3 aliphatic rings. The summed E-state index contributed by atoms with van der Waals surface area (Å²) in [6.07, 6.45) is 3.02. The number of aryl methyl sites for hydroxylation is 1. The molecule has 4 rings (SSSR count). The van der Waals surface area contributed by atoms with Crippen LogP contribution >= 0.6 is 0 Å². The highest BCUT2D eigenvalue weighted by Gasteiger charge is 2.48. The van der Waals surface area contributed by atoms with Crippen molar-refractivity contribution in [2.75, 3.05) is 19.6 Å². The normalized spacial score (nSPS) is 27.0. The lowest BCUT2D eigenvalue weighted by Crippen LogP contribution is -2.42. The predicted octanol–water partition coefficient (Wildman–Crippen LogP) is 0.502. The van der Waals surface area contributed by atoms with E-state index >= 15 is 0 Å². The maximum atomic E-state index is 12.4. The van der Waals surface area contributed by atoms with Crippen LogP contribution in [0.4, 0.5) is 4.79 Å². The molecule has 2 N–H and O–H groups in total. The highest BCUT2D eigenvalue weighted by Crippen LogP contribution is 2.38. The molecule has 138 valence electrons. The quantitative estimate of drug-likeness (QED) is 0.692. The molecule has 2 unspecified atom stereocenters. The lowest BCUT2D eigenvalue weighted by molar-refractivity contribution is -0.0317. The van der Waals surface area contributed by atoms with Crippen LogP contribution in [0.5, 0.6) is 0 Å². The highest BCUT2D eigenvalue weighted by atomic mass is 32.3. The van der Waals surface area contributed by atoms with E-state index in [-0.39, 0.29) is 6.04 Å². The molecule has 3 aliphatic heterocycles. The molecule has 3 saturated heterocycles. The van der Waals surface area contributed by atoms with Crippen molar-refractivity contribution in [1.82, 2.24) is 20.4 Å². The van der Waals surface area contributed by atoms with Crippen LogP contribution in [0.25, 0.3) is 0 Å². The van der Waals surface area contributed by atoms with E-state index in [0.29, 0.717) is 31.0 Å². The molecule has 4 heterocycles. The maximum absolute atomic E-state index is 12.4. The molecule has 11 heteroatoms. The van der Waals surface area contributed by atoms with Crippen LogP contribution in [0.1, 0.15) is 36.8 Å². The number of fused-ring (bicyclic) bond motifs is 2. The summed E-state index contributed by atoms with van der Waals surface area (Å²) in [6, 6.07) is 0.608. The van der Waals surface area contributed by atoms with E-state index in [1.165, 1.54) is 4.90 Å². The van der Waals surface area contributed by atoms with Crippen LogP contribution < -0.4 is 5.32 Å². The summed E-state index contributed by atoms with van der Waals surface area (Å²) in [6.45, 7) is 2.41. The Morgan fingerprint density at radius 1 is 1.40 bits per heavy atom. The van der Waals surface area contributed by atoms with Crippen LogP contribution in [-0.2, 0) is 21.1 Å². The van der Waals surface area contributed by atoms with Crippen LogP contribution in [0.15, 0.2) is 10.6 Å². The van der Waals surface area contributed by atoms with E-state index in [1.54, 1.807) is 0 Å². The SMILES string of the molecule is O=C1N2CC(CCC2c2cc(CCC3CNC3)on2)N1OS(=O)(=O)O. The Balaban J connectivity index is 1.43. The first-order valence-corrected chi connectivity index (χ1v) is 9.70. The standard InChI is InChI=1S/C14H20N4O6S/c19-14-17-8-10(18(14)24-25(20,21)22)2-4-13(17)12-5-11(23-16-12)3-1-9-6-15-7-9/h5,9-10,13,15H,1-4,6-8H2,(H,20,21,22). The van der Waals surface area contributed by atoms with Gasteiger partial charge in [0.1, 0.15) is 11.5 Å². The van der Waals surface area contributed by atoms with Gasteiger partial charge in [-0.3, -0.25) is 4.55 Å². The van der Waals surface area contributed by atoms with Crippen LogP contribution in [0.2, 0.25) is 0 Å². The lowest BCUT2D eigenvalue weighted by Gasteiger charge is -2.28. The van der Waals surface area contributed by atoms with Crippen molar-refractivity contribution in [2.24, 2.45) is 5.92 Å². The van der Waals surface area contributed by atoms with Gasteiger partial charge in [-0.25, -0.2) is 4.79 Å². The van der Waals surface area contributed by atoms with E-state index in [0.717, 1.165) is 36.8 Å². The first kappa shape index (κ1) is 16.8. The second kappa shape index (κ2) is 6.24. The van der Waals surface area contributed by atoms with Gasteiger partial charge in [0.05, 0.1) is 12.1 Å². The van der Waals surface area contributed by atoms with Crippen LogP contribution in [0, 0.1) is 5.92 Å². The van der Waals surface area contributed by atoms with Crippen molar-refractivity contribution >= 4 is 16.4 Å². The molecular weight excluding hydrogens is 352 g/mol. The van der Waals surface area contributed by atoms with Gasteiger partial charge in [-0.05, 0) is 38.3 Å². The minimum absolute atomic E-state index is 0.276. The number of amides is 2. The molecule has 0 spiro atoms. The minimum atomic E-state index is -4.73. The number of nitrogens with one attached hydrogen (secondary N) is 1. The lowest BCUT2D eigenvalue weighted by atomic mass is 9.96. The Morgan fingerprint density at radius 2 is 2.20 bits per heavy atom. The molecule has 0 aromatic carbocycles. The molecule has 0 saturated carbocycles. The zero-order chi connectivity index (χ0) is 17.6. The van der Waals surface area contributed by atoms with Gasteiger partial charge in [-0.1, -0.05) is 5.16 Å². The second-order valence-electron chi connectivity index (χ2n) is 6.79. The molecule has 0 aliphatic carbocycles. The largest absolute Gasteiger partial charge is 0.418 e. The summed E-state index contributed by atoms with van der Waals surface area (Å²) in [5, 5.41) is 8.07. The summed E-state index contributed by atoms with van der Waals surface area (Å²) in [4.78, 5) is 13.9. The summed E-state index contributed by atoms with van der Waals surface area (Å²) in [7, 11) is -4.73. The summed E-state index contributed by atoms with van der Waals surface area (Å²) in [5.74, 6) is 1.47. The summed E-state index contributed by atoms with van der Waals surface area (Å²) in [5.41, 5.74) is 0.669. The van der Waals surface area contributed by atoms with Crippen molar-refractivity contribution in [3.05, 3.63) is 17.5 Å². The Morgan fingerprint density at radius 3 is 2.88 bits per heavy atom. The molecular formula is C14H20N4O6S. The van der Waals surface area contributed by atoms with E-state index in [1.807, 2.05) is 6.07 Å². The molecule has 2 atom stereocenters. The Hall–Kier alpha value is -1.69.